The Morgan fingerprint density at radius 2 is 1.83 bits per heavy atom. The molecule has 0 spiro atoms. The minimum Gasteiger partial charge on any atom is -0.294 e. The van der Waals surface area contributed by atoms with Crippen LogP contribution in [0, 0.1) is 23.2 Å². The molecular weight excluding hydrogens is 224 g/mol. The van der Waals surface area contributed by atoms with Gasteiger partial charge in [0.05, 0.1) is 0 Å². The summed E-state index contributed by atoms with van der Waals surface area (Å²) in [6.45, 7) is 1.99. The van der Waals surface area contributed by atoms with E-state index < -0.39 is 5.41 Å². The first kappa shape index (κ1) is 10.2. The lowest BCUT2D eigenvalue weighted by atomic mass is 9.59. The number of fused-ring (bicyclic) bond motifs is 6. The molecular formula is C16H14O2. The molecule has 0 saturated heterocycles. The van der Waals surface area contributed by atoms with E-state index in [1.807, 2.05) is 19.1 Å². The molecule has 0 amide bonds. The Morgan fingerprint density at radius 3 is 2.61 bits per heavy atom. The van der Waals surface area contributed by atoms with Crippen LogP contribution in [-0.2, 0) is 0 Å². The molecule has 0 heterocycles. The van der Waals surface area contributed by atoms with Crippen LogP contribution in [0.5, 0.6) is 0 Å². The van der Waals surface area contributed by atoms with Gasteiger partial charge in [-0.05, 0) is 18.3 Å². The SMILES string of the molecule is C[C@]12C(=O)c3ccccc3C(=O)[C@H]1C1C=CC2C1. The molecule has 1 fully saturated rings. The Labute approximate surface area is 106 Å². The van der Waals surface area contributed by atoms with Crippen LogP contribution in [0.2, 0.25) is 0 Å². The van der Waals surface area contributed by atoms with Gasteiger partial charge < -0.3 is 0 Å². The number of carbonyl (C=O) groups is 2. The lowest BCUT2D eigenvalue weighted by molar-refractivity contribution is 0.0552. The number of hydrogen-bond acceptors (Lipinski definition) is 2. The number of rotatable bonds is 0. The lowest BCUT2D eigenvalue weighted by Gasteiger charge is -2.40. The van der Waals surface area contributed by atoms with Crippen LogP contribution < -0.4 is 0 Å². The molecule has 3 aliphatic rings. The number of ketones is 2. The first-order valence-electron chi connectivity index (χ1n) is 6.50. The van der Waals surface area contributed by atoms with Crippen molar-refractivity contribution in [3.8, 4) is 0 Å². The number of benzene rings is 1. The summed E-state index contributed by atoms with van der Waals surface area (Å²) in [6.07, 6.45) is 5.24. The van der Waals surface area contributed by atoms with E-state index in [9.17, 15) is 9.59 Å². The van der Waals surface area contributed by atoms with Crippen molar-refractivity contribution in [3.63, 3.8) is 0 Å². The van der Waals surface area contributed by atoms with Crippen molar-refractivity contribution in [2.45, 2.75) is 13.3 Å². The number of allylic oxidation sites excluding steroid dienone is 2. The fourth-order valence-corrected chi connectivity index (χ4v) is 4.22. The highest BCUT2D eigenvalue weighted by Gasteiger charge is 2.62. The van der Waals surface area contributed by atoms with E-state index in [2.05, 4.69) is 12.2 Å². The third kappa shape index (κ3) is 0.925. The van der Waals surface area contributed by atoms with Crippen molar-refractivity contribution in [1.82, 2.24) is 0 Å². The van der Waals surface area contributed by atoms with E-state index >= 15 is 0 Å². The van der Waals surface area contributed by atoms with Crippen LogP contribution in [-0.4, -0.2) is 11.6 Å². The van der Waals surface area contributed by atoms with E-state index in [1.54, 1.807) is 12.1 Å². The minimum absolute atomic E-state index is 0.130. The van der Waals surface area contributed by atoms with Crippen molar-refractivity contribution in [2.75, 3.05) is 0 Å². The van der Waals surface area contributed by atoms with Crippen LogP contribution >= 0.6 is 0 Å². The molecule has 0 radical (unpaired) electrons. The summed E-state index contributed by atoms with van der Waals surface area (Å²) in [5.41, 5.74) is 0.762. The van der Waals surface area contributed by atoms with Gasteiger partial charge in [0.15, 0.2) is 11.6 Å². The maximum atomic E-state index is 12.8. The lowest BCUT2D eigenvalue weighted by Crippen LogP contribution is -2.47. The minimum atomic E-state index is -0.495. The molecule has 2 heteroatoms. The van der Waals surface area contributed by atoms with E-state index in [4.69, 9.17) is 0 Å². The fourth-order valence-electron chi connectivity index (χ4n) is 4.22. The molecule has 18 heavy (non-hydrogen) atoms. The van der Waals surface area contributed by atoms with Crippen LogP contribution in [0.1, 0.15) is 34.1 Å². The highest BCUT2D eigenvalue weighted by molar-refractivity contribution is 6.18. The zero-order valence-electron chi connectivity index (χ0n) is 10.2. The number of hydrogen-bond donors (Lipinski definition) is 0. The quantitative estimate of drug-likeness (QED) is 0.651. The Balaban J connectivity index is 2.00. The van der Waals surface area contributed by atoms with Gasteiger partial charge in [-0.3, -0.25) is 9.59 Å². The van der Waals surface area contributed by atoms with E-state index in [0.717, 1.165) is 6.42 Å². The topological polar surface area (TPSA) is 34.1 Å². The van der Waals surface area contributed by atoms with Crippen LogP contribution in [0.3, 0.4) is 0 Å². The Bertz CT molecular complexity index is 613. The van der Waals surface area contributed by atoms with Gasteiger partial charge in [0.2, 0.25) is 0 Å². The van der Waals surface area contributed by atoms with E-state index in [1.165, 1.54) is 0 Å². The average Bonchev–Trinajstić information content (AvgIpc) is 2.96. The number of Topliss-reactive ketones (excluding diaryl/α,β-unsaturated/α-hetero) is 2. The summed E-state index contributed by atoms with van der Waals surface area (Å²) in [5.74, 6) is 0.723. The standard InChI is InChI=1S/C16H14O2/c1-16-10-7-6-9(8-10)13(16)14(17)11-4-2-3-5-12(11)15(16)18/h2-7,9-10,13H,8H2,1H3/t9?,10?,13-,16-/m1/s1. The van der Waals surface area contributed by atoms with Gasteiger partial charge in [-0.25, -0.2) is 0 Å². The second-order valence-electron chi connectivity index (χ2n) is 5.89. The van der Waals surface area contributed by atoms with Crippen molar-refractivity contribution in [3.05, 3.63) is 47.5 Å². The Morgan fingerprint density at radius 1 is 1.11 bits per heavy atom. The summed E-state index contributed by atoms with van der Waals surface area (Å²) >= 11 is 0. The smallest absolute Gasteiger partial charge is 0.170 e. The van der Waals surface area contributed by atoms with Gasteiger partial charge in [0, 0.05) is 22.5 Å². The van der Waals surface area contributed by atoms with E-state index in [0.29, 0.717) is 11.1 Å². The van der Waals surface area contributed by atoms with Crippen LogP contribution in [0.25, 0.3) is 0 Å². The molecule has 3 aliphatic carbocycles. The first-order valence-corrected chi connectivity index (χ1v) is 6.50. The largest absolute Gasteiger partial charge is 0.294 e. The van der Waals surface area contributed by atoms with Crippen molar-refractivity contribution < 1.29 is 9.59 Å². The van der Waals surface area contributed by atoms with Crippen molar-refractivity contribution >= 4 is 11.6 Å². The Kier molecular flexibility index (Phi) is 1.71. The van der Waals surface area contributed by atoms with Gasteiger partial charge >= 0.3 is 0 Å². The highest BCUT2D eigenvalue weighted by atomic mass is 16.1. The normalized spacial score (nSPS) is 39.9. The first-order chi connectivity index (χ1) is 8.64. The second kappa shape index (κ2) is 3.00. The summed E-state index contributed by atoms with van der Waals surface area (Å²) in [5, 5.41) is 0. The molecule has 1 saturated carbocycles. The monoisotopic (exact) mass is 238 g/mol. The van der Waals surface area contributed by atoms with Gasteiger partial charge in [-0.15, -0.1) is 0 Å². The molecule has 4 rings (SSSR count). The average molecular weight is 238 g/mol. The number of carbonyl (C=O) groups excluding carboxylic acids is 2. The molecule has 0 N–H and O–H groups in total. The molecule has 0 aromatic heterocycles. The fraction of sp³-hybridized carbons (Fsp3) is 0.375. The zero-order valence-corrected chi connectivity index (χ0v) is 10.2. The molecule has 2 unspecified atom stereocenters. The van der Waals surface area contributed by atoms with Crippen LogP contribution in [0.15, 0.2) is 36.4 Å². The molecule has 4 atom stereocenters. The molecule has 2 nitrogen and oxygen atoms in total. The van der Waals surface area contributed by atoms with Crippen molar-refractivity contribution in [2.24, 2.45) is 23.2 Å². The maximum Gasteiger partial charge on any atom is 0.170 e. The zero-order chi connectivity index (χ0) is 12.5. The van der Waals surface area contributed by atoms with E-state index in [-0.39, 0.29) is 29.3 Å². The summed E-state index contributed by atoms with van der Waals surface area (Å²) in [4.78, 5) is 25.4. The third-order valence-corrected chi connectivity index (χ3v) is 5.17. The predicted molar refractivity (Wildman–Crippen MR) is 67.4 cm³/mol. The Hall–Kier alpha value is -1.70. The van der Waals surface area contributed by atoms with Crippen LogP contribution in [0.4, 0.5) is 0 Å². The van der Waals surface area contributed by atoms with Gasteiger partial charge in [-0.2, -0.15) is 0 Å². The van der Waals surface area contributed by atoms with Crippen molar-refractivity contribution in [1.29, 1.82) is 0 Å². The maximum absolute atomic E-state index is 12.8. The predicted octanol–water partition coefficient (Wildman–Crippen LogP) is 2.89. The van der Waals surface area contributed by atoms with Gasteiger partial charge in [0.25, 0.3) is 0 Å². The van der Waals surface area contributed by atoms with Gasteiger partial charge in [-0.1, -0.05) is 43.3 Å². The molecule has 1 aromatic carbocycles. The summed E-state index contributed by atoms with van der Waals surface area (Å²) in [6, 6.07) is 7.28. The second-order valence-corrected chi connectivity index (χ2v) is 5.89. The summed E-state index contributed by atoms with van der Waals surface area (Å²) in [7, 11) is 0. The van der Waals surface area contributed by atoms with Gasteiger partial charge in [0.1, 0.15) is 0 Å². The highest BCUT2D eigenvalue weighted by Crippen LogP contribution is 2.60. The molecule has 2 bridgehead atoms. The summed E-state index contributed by atoms with van der Waals surface area (Å²) < 4.78 is 0. The molecule has 1 aromatic rings. The molecule has 0 aliphatic heterocycles. The molecule has 90 valence electrons. The third-order valence-electron chi connectivity index (χ3n) is 5.17.